The second kappa shape index (κ2) is 8.31. The third-order valence-corrected chi connectivity index (χ3v) is 13.8. The van der Waals surface area contributed by atoms with Crippen molar-refractivity contribution >= 4 is 5.97 Å². The molecule has 12 atom stereocenters. The Morgan fingerprint density at radius 2 is 1.69 bits per heavy atom. The molecule has 204 valence electrons. The van der Waals surface area contributed by atoms with Crippen LogP contribution in [0, 0.1) is 56.7 Å². The summed E-state index contributed by atoms with van der Waals surface area (Å²) < 4.78 is 6.67. The van der Waals surface area contributed by atoms with Gasteiger partial charge in [0.15, 0.2) is 0 Å². The molecule has 12 unspecified atom stereocenters. The lowest BCUT2D eigenvalue weighted by Gasteiger charge is -2.72. The number of aliphatic carboxylic acids is 1. The Hall–Kier alpha value is -0.870. The standard InChI is InChI=1S/C32H52O4/c1-9-36-22-18-21-25-20(3)19(2)10-13-28(25,4)16-17-30(21,6)31(7)15-11-23-29(5,26(22)31)14-12-24(33)32(23,8)27(34)35/h18-20,22-26,33H,9-17H2,1-8H3,(H,34,35). The average Bonchev–Trinajstić information content (AvgIpc) is 2.81. The zero-order valence-corrected chi connectivity index (χ0v) is 24.2. The monoisotopic (exact) mass is 500 g/mol. The van der Waals surface area contributed by atoms with Crippen LogP contribution in [0.3, 0.4) is 0 Å². The topological polar surface area (TPSA) is 66.8 Å². The average molecular weight is 501 g/mol. The lowest BCUT2D eigenvalue weighted by Crippen LogP contribution is -2.69. The van der Waals surface area contributed by atoms with Crippen LogP contribution >= 0.6 is 0 Å². The molecule has 0 aromatic carbocycles. The van der Waals surface area contributed by atoms with E-state index in [0.29, 0.717) is 30.3 Å². The van der Waals surface area contributed by atoms with Crippen molar-refractivity contribution in [1.29, 1.82) is 0 Å². The zero-order chi connectivity index (χ0) is 26.5. The van der Waals surface area contributed by atoms with Crippen molar-refractivity contribution in [2.45, 2.75) is 119 Å². The Balaban J connectivity index is 1.68. The van der Waals surface area contributed by atoms with Crippen LogP contribution in [-0.2, 0) is 9.53 Å². The van der Waals surface area contributed by atoms with E-state index in [-0.39, 0.29) is 34.2 Å². The number of aliphatic hydroxyl groups is 1. The highest BCUT2D eigenvalue weighted by molar-refractivity contribution is 5.76. The van der Waals surface area contributed by atoms with Gasteiger partial charge in [-0.3, -0.25) is 4.79 Å². The van der Waals surface area contributed by atoms with Gasteiger partial charge in [-0.2, -0.15) is 0 Å². The van der Waals surface area contributed by atoms with Gasteiger partial charge in [-0.1, -0.05) is 53.2 Å². The fraction of sp³-hybridized carbons (Fsp3) is 0.906. The zero-order valence-electron chi connectivity index (χ0n) is 24.2. The molecule has 4 nitrogen and oxygen atoms in total. The van der Waals surface area contributed by atoms with Crippen molar-refractivity contribution in [2.24, 2.45) is 56.7 Å². The maximum Gasteiger partial charge on any atom is 0.312 e. The number of hydrogen-bond donors (Lipinski definition) is 2. The molecule has 0 radical (unpaired) electrons. The minimum Gasteiger partial charge on any atom is -0.481 e. The lowest BCUT2D eigenvalue weighted by atomic mass is 9.33. The van der Waals surface area contributed by atoms with Crippen LogP contribution in [0.4, 0.5) is 0 Å². The number of rotatable bonds is 3. The summed E-state index contributed by atoms with van der Waals surface area (Å²) in [5.41, 5.74) is 0.905. The Kier molecular flexibility index (Phi) is 6.17. The molecular weight excluding hydrogens is 448 g/mol. The van der Waals surface area contributed by atoms with E-state index >= 15 is 0 Å². The van der Waals surface area contributed by atoms with Crippen molar-refractivity contribution in [1.82, 2.24) is 0 Å². The molecule has 0 aromatic rings. The third kappa shape index (κ3) is 3.15. The van der Waals surface area contributed by atoms with Gasteiger partial charge in [0.2, 0.25) is 0 Å². The lowest BCUT2D eigenvalue weighted by molar-refractivity contribution is -0.237. The van der Waals surface area contributed by atoms with E-state index in [9.17, 15) is 15.0 Å². The summed E-state index contributed by atoms with van der Waals surface area (Å²) in [6, 6.07) is 0. The molecule has 4 fully saturated rings. The number of allylic oxidation sites excluding steroid dienone is 1. The first-order valence-electron chi connectivity index (χ1n) is 15.0. The Morgan fingerprint density at radius 1 is 1.00 bits per heavy atom. The molecule has 0 bridgehead atoms. The summed E-state index contributed by atoms with van der Waals surface area (Å²) in [4.78, 5) is 12.7. The maximum absolute atomic E-state index is 12.7. The van der Waals surface area contributed by atoms with E-state index in [1.165, 1.54) is 25.7 Å². The first-order chi connectivity index (χ1) is 16.7. The van der Waals surface area contributed by atoms with Crippen LogP contribution in [-0.4, -0.2) is 35.0 Å². The van der Waals surface area contributed by atoms with Crippen molar-refractivity contribution in [2.75, 3.05) is 6.61 Å². The Labute approximate surface area is 219 Å². The van der Waals surface area contributed by atoms with Crippen LogP contribution < -0.4 is 0 Å². The molecule has 0 aliphatic heterocycles. The number of carboxylic acid groups (broad SMARTS) is 1. The minimum atomic E-state index is -1.10. The highest BCUT2D eigenvalue weighted by Crippen LogP contribution is 2.76. The summed E-state index contributed by atoms with van der Waals surface area (Å²) in [5.74, 6) is 1.39. The van der Waals surface area contributed by atoms with Crippen LogP contribution in [0.5, 0.6) is 0 Å². The van der Waals surface area contributed by atoms with Gasteiger partial charge in [-0.05, 0) is 111 Å². The van der Waals surface area contributed by atoms with Crippen LogP contribution in [0.15, 0.2) is 11.6 Å². The number of carboxylic acids is 1. The summed E-state index contributed by atoms with van der Waals surface area (Å²) in [6.07, 6.45) is 10.3. The van der Waals surface area contributed by atoms with Gasteiger partial charge in [0.25, 0.3) is 0 Å². The van der Waals surface area contributed by atoms with Crippen molar-refractivity contribution in [3.63, 3.8) is 0 Å². The van der Waals surface area contributed by atoms with Gasteiger partial charge in [-0.25, -0.2) is 0 Å². The van der Waals surface area contributed by atoms with Crippen molar-refractivity contribution < 1.29 is 19.7 Å². The van der Waals surface area contributed by atoms with E-state index in [1.807, 2.05) is 6.92 Å². The van der Waals surface area contributed by atoms with Gasteiger partial charge in [0.1, 0.15) is 0 Å². The van der Waals surface area contributed by atoms with Crippen LogP contribution in [0.25, 0.3) is 0 Å². The predicted molar refractivity (Wildman–Crippen MR) is 143 cm³/mol. The molecule has 5 aliphatic carbocycles. The van der Waals surface area contributed by atoms with Crippen LogP contribution in [0.2, 0.25) is 0 Å². The molecule has 0 saturated heterocycles. The van der Waals surface area contributed by atoms with Gasteiger partial charge in [0.05, 0.1) is 17.6 Å². The first kappa shape index (κ1) is 26.7. The molecule has 0 amide bonds. The largest absolute Gasteiger partial charge is 0.481 e. The fourth-order valence-corrected chi connectivity index (χ4v) is 11.2. The smallest absolute Gasteiger partial charge is 0.312 e. The molecule has 0 aromatic heterocycles. The highest BCUT2D eigenvalue weighted by atomic mass is 16.5. The number of hydrogen-bond acceptors (Lipinski definition) is 3. The normalized spacial score (nSPS) is 56.5. The second-order valence-electron chi connectivity index (χ2n) is 15.0. The molecule has 0 heterocycles. The molecule has 4 heteroatoms. The summed E-state index contributed by atoms with van der Waals surface area (Å²) in [6.45, 7) is 19.6. The van der Waals surface area contributed by atoms with Gasteiger partial charge < -0.3 is 14.9 Å². The second-order valence-corrected chi connectivity index (χ2v) is 15.0. The number of carbonyl (C=O) groups is 1. The quantitative estimate of drug-likeness (QED) is 0.405. The highest BCUT2D eigenvalue weighted by Gasteiger charge is 2.71. The summed E-state index contributed by atoms with van der Waals surface area (Å²) in [7, 11) is 0. The number of fused-ring (bicyclic) bond motifs is 7. The van der Waals surface area contributed by atoms with Gasteiger partial charge in [0, 0.05) is 12.5 Å². The molecule has 36 heavy (non-hydrogen) atoms. The Morgan fingerprint density at radius 3 is 2.33 bits per heavy atom. The molecule has 4 saturated carbocycles. The molecule has 5 rings (SSSR count). The Bertz CT molecular complexity index is 942. The molecular formula is C32H52O4. The molecule has 2 N–H and O–H groups in total. The minimum absolute atomic E-state index is 0.0101. The fourth-order valence-electron chi connectivity index (χ4n) is 11.2. The first-order valence-corrected chi connectivity index (χ1v) is 15.0. The third-order valence-electron chi connectivity index (χ3n) is 13.8. The molecule has 0 spiro atoms. The van der Waals surface area contributed by atoms with Gasteiger partial charge in [-0.15, -0.1) is 0 Å². The summed E-state index contributed by atoms with van der Waals surface area (Å²) >= 11 is 0. The molecule has 5 aliphatic rings. The number of aliphatic hydroxyl groups excluding tert-OH is 1. The van der Waals surface area contributed by atoms with E-state index < -0.39 is 17.5 Å². The predicted octanol–water partition coefficient (Wildman–Crippen LogP) is 7.10. The van der Waals surface area contributed by atoms with Crippen LogP contribution in [0.1, 0.15) is 107 Å². The summed E-state index contributed by atoms with van der Waals surface area (Å²) in [5, 5.41) is 21.4. The van der Waals surface area contributed by atoms with E-state index in [4.69, 9.17) is 4.74 Å². The van der Waals surface area contributed by atoms with E-state index in [2.05, 4.69) is 54.5 Å². The van der Waals surface area contributed by atoms with Crippen molar-refractivity contribution in [3.8, 4) is 0 Å². The SMILES string of the molecule is CCOC1C=C2C3C(C)C(C)CCC3(C)CCC2(C)C2(C)CCC3C(C)(CCC(O)C3(C)C(=O)O)C12. The van der Waals surface area contributed by atoms with E-state index in [1.54, 1.807) is 5.57 Å². The van der Waals surface area contributed by atoms with Gasteiger partial charge >= 0.3 is 5.97 Å². The maximum atomic E-state index is 12.7. The van der Waals surface area contributed by atoms with E-state index in [0.717, 1.165) is 25.2 Å². The van der Waals surface area contributed by atoms with Crippen molar-refractivity contribution in [3.05, 3.63) is 11.6 Å². The number of ether oxygens (including phenoxy) is 1.